The molecule has 0 radical (unpaired) electrons. The van der Waals surface area contributed by atoms with E-state index in [2.05, 4.69) is 10.2 Å². The van der Waals surface area contributed by atoms with Gasteiger partial charge in [-0.1, -0.05) is 0 Å². The first-order chi connectivity index (χ1) is 9.06. The van der Waals surface area contributed by atoms with E-state index in [4.69, 9.17) is 9.84 Å². The Morgan fingerprint density at radius 2 is 2.05 bits per heavy atom. The molecule has 2 aromatic rings. The highest BCUT2D eigenvalue weighted by molar-refractivity contribution is 5.74. The molecule has 1 aromatic carbocycles. The minimum absolute atomic E-state index is 0.0456. The van der Waals surface area contributed by atoms with Crippen LogP contribution < -0.4 is 4.74 Å². The maximum absolute atomic E-state index is 10.8. The fourth-order valence-corrected chi connectivity index (χ4v) is 1.83. The predicted octanol–water partition coefficient (Wildman–Crippen LogP) is 2.49. The summed E-state index contributed by atoms with van der Waals surface area (Å²) in [5.74, 6) is -0.0829. The van der Waals surface area contributed by atoms with E-state index in [1.807, 2.05) is 38.1 Å². The first kappa shape index (κ1) is 13.1. The van der Waals surface area contributed by atoms with E-state index in [0.717, 1.165) is 17.0 Å². The second-order valence-electron chi connectivity index (χ2n) is 4.53. The van der Waals surface area contributed by atoms with Gasteiger partial charge in [-0.2, -0.15) is 5.10 Å². The average Bonchev–Trinajstić information content (AvgIpc) is 2.76. The minimum atomic E-state index is -0.873. The predicted molar refractivity (Wildman–Crippen MR) is 71.1 cm³/mol. The first-order valence-electron chi connectivity index (χ1n) is 6.07. The number of nitrogens with zero attached hydrogens (tertiary/aromatic N) is 1. The van der Waals surface area contributed by atoms with Crippen LogP contribution in [-0.2, 0) is 11.2 Å². The number of hydrogen-bond donors (Lipinski definition) is 2. The standard InChI is InChI=1S/C14H16N2O3/c1-9(2)19-12-5-3-10(4-6-12)14-11(7-13(17)18)8-15-16-14/h3-6,8-9H,7H2,1-2H3,(H,15,16)(H,17,18). The molecule has 0 saturated carbocycles. The molecule has 19 heavy (non-hydrogen) atoms. The van der Waals surface area contributed by atoms with Crippen molar-refractivity contribution in [2.45, 2.75) is 26.4 Å². The van der Waals surface area contributed by atoms with Crippen LogP contribution in [0.2, 0.25) is 0 Å². The summed E-state index contributed by atoms with van der Waals surface area (Å²) < 4.78 is 5.56. The largest absolute Gasteiger partial charge is 0.491 e. The fourth-order valence-electron chi connectivity index (χ4n) is 1.83. The number of H-pyrrole nitrogens is 1. The van der Waals surface area contributed by atoms with Gasteiger partial charge in [0.15, 0.2) is 0 Å². The summed E-state index contributed by atoms with van der Waals surface area (Å²) in [6.07, 6.45) is 1.62. The number of benzene rings is 1. The van der Waals surface area contributed by atoms with Crippen molar-refractivity contribution in [2.75, 3.05) is 0 Å². The van der Waals surface area contributed by atoms with Crippen LogP contribution in [0.25, 0.3) is 11.3 Å². The molecule has 0 aliphatic rings. The fraction of sp³-hybridized carbons (Fsp3) is 0.286. The Kier molecular flexibility index (Phi) is 3.85. The summed E-state index contributed by atoms with van der Waals surface area (Å²) in [4.78, 5) is 10.8. The average molecular weight is 260 g/mol. The molecule has 0 aliphatic heterocycles. The molecule has 0 unspecified atom stereocenters. The van der Waals surface area contributed by atoms with Crippen molar-refractivity contribution in [2.24, 2.45) is 0 Å². The highest BCUT2D eigenvalue weighted by atomic mass is 16.5. The van der Waals surface area contributed by atoms with Gasteiger partial charge in [-0.25, -0.2) is 0 Å². The Bertz CT molecular complexity index is 558. The van der Waals surface area contributed by atoms with Crippen LogP contribution in [0.1, 0.15) is 19.4 Å². The van der Waals surface area contributed by atoms with Crippen LogP contribution in [0.4, 0.5) is 0 Å². The molecule has 5 heteroatoms. The smallest absolute Gasteiger partial charge is 0.307 e. The van der Waals surface area contributed by atoms with Crippen LogP contribution in [0.15, 0.2) is 30.5 Å². The highest BCUT2D eigenvalue weighted by Crippen LogP contribution is 2.24. The van der Waals surface area contributed by atoms with Crippen molar-refractivity contribution in [3.63, 3.8) is 0 Å². The molecule has 1 aromatic heterocycles. The number of carbonyl (C=O) groups is 1. The van der Waals surface area contributed by atoms with Crippen molar-refractivity contribution in [3.8, 4) is 17.0 Å². The van der Waals surface area contributed by atoms with Crippen LogP contribution in [0.3, 0.4) is 0 Å². The van der Waals surface area contributed by atoms with E-state index in [9.17, 15) is 4.79 Å². The van der Waals surface area contributed by atoms with Gasteiger partial charge in [0.25, 0.3) is 0 Å². The van der Waals surface area contributed by atoms with E-state index in [-0.39, 0.29) is 12.5 Å². The van der Waals surface area contributed by atoms with Gasteiger partial charge in [0, 0.05) is 11.1 Å². The lowest BCUT2D eigenvalue weighted by atomic mass is 10.1. The number of aliphatic carboxylic acids is 1. The number of ether oxygens (including phenoxy) is 1. The van der Waals surface area contributed by atoms with Crippen LogP contribution in [0, 0.1) is 0 Å². The molecular weight excluding hydrogens is 244 g/mol. The van der Waals surface area contributed by atoms with Crippen molar-refractivity contribution in [1.29, 1.82) is 0 Å². The molecule has 1 heterocycles. The van der Waals surface area contributed by atoms with Crippen molar-refractivity contribution in [1.82, 2.24) is 10.2 Å². The Morgan fingerprint density at radius 3 is 2.63 bits per heavy atom. The molecule has 0 aliphatic carbocycles. The molecule has 0 spiro atoms. The van der Waals surface area contributed by atoms with Gasteiger partial charge in [0.1, 0.15) is 5.75 Å². The van der Waals surface area contributed by atoms with Crippen molar-refractivity contribution < 1.29 is 14.6 Å². The number of rotatable bonds is 5. The van der Waals surface area contributed by atoms with Gasteiger partial charge in [-0.05, 0) is 38.1 Å². The van der Waals surface area contributed by atoms with Crippen molar-refractivity contribution in [3.05, 3.63) is 36.0 Å². The normalized spacial score (nSPS) is 10.7. The summed E-state index contributed by atoms with van der Waals surface area (Å²) in [5.41, 5.74) is 2.30. The van der Waals surface area contributed by atoms with Crippen LogP contribution in [0.5, 0.6) is 5.75 Å². The molecule has 0 atom stereocenters. The molecule has 0 bridgehead atoms. The second kappa shape index (κ2) is 5.56. The van der Waals surface area contributed by atoms with Crippen LogP contribution in [-0.4, -0.2) is 27.4 Å². The Labute approximate surface area is 111 Å². The number of carboxylic acids is 1. The zero-order valence-corrected chi connectivity index (χ0v) is 10.9. The Morgan fingerprint density at radius 1 is 1.37 bits per heavy atom. The van der Waals surface area contributed by atoms with Gasteiger partial charge in [-0.15, -0.1) is 0 Å². The van der Waals surface area contributed by atoms with Gasteiger partial charge in [-0.3, -0.25) is 9.89 Å². The number of aromatic amines is 1. The van der Waals surface area contributed by atoms with Crippen molar-refractivity contribution >= 4 is 5.97 Å². The lowest BCUT2D eigenvalue weighted by Gasteiger charge is -2.10. The number of aromatic nitrogens is 2. The number of hydrogen-bond acceptors (Lipinski definition) is 3. The Hall–Kier alpha value is -2.30. The maximum Gasteiger partial charge on any atom is 0.307 e. The quantitative estimate of drug-likeness (QED) is 0.866. The van der Waals surface area contributed by atoms with E-state index >= 15 is 0 Å². The minimum Gasteiger partial charge on any atom is -0.491 e. The zero-order valence-electron chi connectivity index (χ0n) is 10.9. The van der Waals surface area contributed by atoms with E-state index < -0.39 is 5.97 Å². The molecule has 2 rings (SSSR count). The lowest BCUT2D eigenvalue weighted by Crippen LogP contribution is -2.05. The van der Waals surface area contributed by atoms with Crippen LogP contribution >= 0.6 is 0 Å². The zero-order chi connectivity index (χ0) is 13.8. The third-order valence-electron chi connectivity index (χ3n) is 2.57. The summed E-state index contributed by atoms with van der Waals surface area (Å²) in [5, 5.41) is 15.6. The topological polar surface area (TPSA) is 75.2 Å². The van der Waals surface area contributed by atoms with E-state index in [1.165, 1.54) is 0 Å². The van der Waals surface area contributed by atoms with Gasteiger partial charge >= 0.3 is 5.97 Å². The summed E-state index contributed by atoms with van der Waals surface area (Å²) in [6.45, 7) is 3.93. The molecule has 5 nitrogen and oxygen atoms in total. The molecule has 100 valence electrons. The summed E-state index contributed by atoms with van der Waals surface area (Å²) in [7, 11) is 0. The molecule has 2 N–H and O–H groups in total. The summed E-state index contributed by atoms with van der Waals surface area (Å²) in [6, 6.07) is 7.49. The third-order valence-corrected chi connectivity index (χ3v) is 2.57. The lowest BCUT2D eigenvalue weighted by molar-refractivity contribution is -0.136. The van der Waals surface area contributed by atoms with Gasteiger partial charge < -0.3 is 9.84 Å². The molecular formula is C14H16N2O3. The molecule has 0 amide bonds. The van der Waals surface area contributed by atoms with E-state index in [1.54, 1.807) is 6.20 Å². The number of nitrogens with one attached hydrogen (secondary N) is 1. The monoisotopic (exact) mass is 260 g/mol. The van der Waals surface area contributed by atoms with Gasteiger partial charge in [0.05, 0.1) is 24.4 Å². The maximum atomic E-state index is 10.8. The van der Waals surface area contributed by atoms with E-state index in [0.29, 0.717) is 5.56 Å². The first-order valence-corrected chi connectivity index (χ1v) is 6.07. The third kappa shape index (κ3) is 3.34. The number of carboxylic acid groups (broad SMARTS) is 1. The molecule has 0 saturated heterocycles. The molecule has 0 fully saturated rings. The second-order valence-corrected chi connectivity index (χ2v) is 4.53. The SMILES string of the molecule is CC(C)Oc1ccc(-c2[nH]ncc2CC(=O)O)cc1. The Balaban J connectivity index is 2.22. The van der Waals surface area contributed by atoms with Gasteiger partial charge in [0.2, 0.25) is 0 Å². The highest BCUT2D eigenvalue weighted by Gasteiger charge is 2.11. The summed E-state index contributed by atoms with van der Waals surface area (Å²) >= 11 is 0.